The minimum absolute atomic E-state index is 0.0331. The minimum atomic E-state index is -0.534. The third-order valence-corrected chi connectivity index (χ3v) is 5.03. The molecule has 1 heterocycles. The van der Waals surface area contributed by atoms with E-state index in [1.54, 1.807) is 66.7 Å². The van der Waals surface area contributed by atoms with Crippen LogP contribution in [0.15, 0.2) is 71.1 Å². The van der Waals surface area contributed by atoms with Crippen molar-refractivity contribution in [3.05, 3.63) is 78.1 Å². The number of para-hydroxylation sites is 2. The largest absolute Gasteiger partial charge is 0.496 e. The molecule has 2 N–H and O–H groups in total. The summed E-state index contributed by atoms with van der Waals surface area (Å²) in [5.74, 6) is 0.412. The fourth-order valence-corrected chi connectivity index (χ4v) is 3.44. The number of hydrogen-bond donors (Lipinski definition) is 2. The van der Waals surface area contributed by atoms with Crippen molar-refractivity contribution >= 4 is 34.2 Å². The van der Waals surface area contributed by atoms with E-state index in [1.807, 2.05) is 0 Å². The van der Waals surface area contributed by atoms with Crippen molar-refractivity contribution < 1.29 is 28.2 Å². The van der Waals surface area contributed by atoms with Crippen LogP contribution in [-0.4, -0.2) is 33.1 Å². The Hall–Kier alpha value is -4.46. The molecule has 0 unspecified atom stereocenters. The number of benzene rings is 3. The first-order valence-corrected chi connectivity index (χ1v) is 10.0. The summed E-state index contributed by atoms with van der Waals surface area (Å²) in [7, 11) is 4.52. The predicted molar refractivity (Wildman–Crippen MR) is 125 cm³/mol. The van der Waals surface area contributed by atoms with Crippen molar-refractivity contribution in [3.63, 3.8) is 0 Å². The van der Waals surface area contributed by atoms with E-state index in [9.17, 15) is 9.59 Å². The van der Waals surface area contributed by atoms with E-state index in [-0.39, 0.29) is 11.4 Å². The van der Waals surface area contributed by atoms with E-state index in [0.29, 0.717) is 39.5 Å². The van der Waals surface area contributed by atoms with Crippen LogP contribution in [0.5, 0.6) is 17.2 Å². The van der Waals surface area contributed by atoms with Crippen molar-refractivity contribution in [1.82, 2.24) is 0 Å². The number of hydrogen-bond acceptors (Lipinski definition) is 6. The SMILES string of the molecule is COc1ccc(NC(=O)c2oc3ccccc3c2NC(=O)c2ccccc2OC)cc1OC. The van der Waals surface area contributed by atoms with Crippen molar-refractivity contribution in [2.75, 3.05) is 32.0 Å². The number of ether oxygens (including phenoxy) is 3. The Bertz CT molecular complexity index is 1330. The molecule has 8 nitrogen and oxygen atoms in total. The lowest BCUT2D eigenvalue weighted by molar-refractivity contribution is 0.0999. The Morgan fingerprint density at radius 3 is 2.18 bits per heavy atom. The first-order valence-electron chi connectivity index (χ1n) is 10.0. The number of amides is 2. The topological polar surface area (TPSA) is 99.0 Å². The van der Waals surface area contributed by atoms with Gasteiger partial charge in [0.25, 0.3) is 11.8 Å². The normalized spacial score (nSPS) is 10.5. The second-order valence-corrected chi connectivity index (χ2v) is 6.98. The van der Waals surface area contributed by atoms with Gasteiger partial charge in [-0.3, -0.25) is 9.59 Å². The molecule has 2 amide bonds. The second-order valence-electron chi connectivity index (χ2n) is 6.98. The number of carbonyl (C=O) groups excluding carboxylic acids is 2. The number of nitrogens with one attached hydrogen (secondary N) is 2. The highest BCUT2D eigenvalue weighted by atomic mass is 16.5. The van der Waals surface area contributed by atoms with Crippen LogP contribution >= 0.6 is 0 Å². The number of fused-ring (bicyclic) bond motifs is 1. The van der Waals surface area contributed by atoms with Gasteiger partial charge in [-0.25, -0.2) is 0 Å². The van der Waals surface area contributed by atoms with E-state index in [0.717, 1.165) is 0 Å². The standard InChI is InChI=1S/C25H22N2O6/c1-30-18-10-6-5-9-17(18)24(28)27-22-16-8-4-7-11-19(16)33-23(22)25(29)26-15-12-13-20(31-2)21(14-15)32-3/h4-14H,1-3H3,(H,26,29)(H,27,28). The number of methoxy groups -OCH3 is 3. The van der Waals surface area contributed by atoms with E-state index < -0.39 is 11.8 Å². The van der Waals surface area contributed by atoms with Crippen LogP contribution in [0, 0.1) is 0 Å². The number of furan rings is 1. The van der Waals surface area contributed by atoms with Gasteiger partial charge in [-0.15, -0.1) is 0 Å². The average molecular weight is 446 g/mol. The van der Waals surface area contributed by atoms with Gasteiger partial charge in [0.15, 0.2) is 11.5 Å². The van der Waals surface area contributed by atoms with Gasteiger partial charge < -0.3 is 29.3 Å². The summed E-state index contributed by atoms with van der Waals surface area (Å²) in [6.07, 6.45) is 0. The van der Waals surface area contributed by atoms with Crippen molar-refractivity contribution in [2.45, 2.75) is 0 Å². The molecule has 1 aromatic heterocycles. The predicted octanol–water partition coefficient (Wildman–Crippen LogP) is 4.96. The molecule has 33 heavy (non-hydrogen) atoms. The minimum Gasteiger partial charge on any atom is -0.496 e. The smallest absolute Gasteiger partial charge is 0.293 e. The Labute approximate surface area is 190 Å². The fraction of sp³-hybridized carbons (Fsp3) is 0.120. The molecule has 0 bridgehead atoms. The fourth-order valence-electron chi connectivity index (χ4n) is 3.44. The molecule has 0 saturated carbocycles. The van der Waals surface area contributed by atoms with Gasteiger partial charge in [-0.05, 0) is 36.4 Å². The first kappa shape index (κ1) is 21.8. The van der Waals surface area contributed by atoms with Crippen LogP contribution in [-0.2, 0) is 0 Å². The molecule has 4 rings (SSSR count). The van der Waals surface area contributed by atoms with Gasteiger partial charge in [0, 0.05) is 17.1 Å². The molecule has 168 valence electrons. The molecule has 0 atom stereocenters. The molecular weight excluding hydrogens is 424 g/mol. The maximum Gasteiger partial charge on any atom is 0.293 e. The van der Waals surface area contributed by atoms with Crippen molar-refractivity contribution in [2.24, 2.45) is 0 Å². The molecule has 0 fully saturated rings. The van der Waals surface area contributed by atoms with E-state index in [4.69, 9.17) is 18.6 Å². The molecule has 0 aliphatic heterocycles. The molecule has 0 aliphatic rings. The maximum atomic E-state index is 13.1. The van der Waals surface area contributed by atoms with E-state index in [1.165, 1.54) is 21.3 Å². The zero-order chi connectivity index (χ0) is 23.4. The highest BCUT2D eigenvalue weighted by molar-refractivity contribution is 6.17. The molecule has 4 aromatic rings. The van der Waals surface area contributed by atoms with Gasteiger partial charge >= 0.3 is 0 Å². The average Bonchev–Trinajstić information content (AvgIpc) is 3.22. The lowest BCUT2D eigenvalue weighted by Gasteiger charge is -2.11. The number of rotatable bonds is 7. The summed E-state index contributed by atoms with van der Waals surface area (Å²) < 4.78 is 21.6. The highest BCUT2D eigenvalue weighted by Gasteiger charge is 2.24. The Kier molecular flexibility index (Phi) is 6.17. The zero-order valence-corrected chi connectivity index (χ0v) is 18.3. The van der Waals surface area contributed by atoms with Gasteiger partial charge in [-0.2, -0.15) is 0 Å². The Morgan fingerprint density at radius 1 is 0.727 bits per heavy atom. The van der Waals surface area contributed by atoms with Gasteiger partial charge in [-0.1, -0.05) is 24.3 Å². The molecule has 0 radical (unpaired) electrons. The molecule has 0 spiro atoms. The first-order chi connectivity index (χ1) is 16.0. The van der Waals surface area contributed by atoms with Crippen LogP contribution in [0.4, 0.5) is 11.4 Å². The maximum absolute atomic E-state index is 13.1. The van der Waals surface area contributed by atoms with Crippen LogP contribution in [0.1, 0.15) is 20.9 Å². The summed E-state index contributed by atoms with van der Waals surface area (Å²) >= 11 is 0. The van der Waals surface area contributed by atoms with Gasteiger partial charge in [0.1, 0.15) is 17.0 Å². The van der Waals surface area contributed by atoms with Crippen molar-refractivity contribution in [3.8, 4) is 17.2 Å². The van der Waals surface area contributed by atoms with Crippen molar-refractivity contribution in [1.29, 1.82) is 0 Å². The molecule has 3 aromatic carbocycles. The van der Waals surface area contributed by atoms with E-state index in [2.05, 4.69) is 10.6 Å². The third kappa shape index (κ3) is 4.31. The van der Waals surface area contributed by atoms with Crippen LogP contribution in [0.2, 0.25) is 0 Å². The number of anilines is 2. The summed E-state index contributed by atoms with van der Waals surface area (Å²) in [4.78, 5) is 26.2. The molecule has 8 heteroatoms. The molecular formula is C25H22N2O6. The summed E-state index contributed by atoms with van der Waals surface area (Å²) in [5, 5.41) is 6.19. The zero-order valence-electron chi connectivity index (χ0n) is 18.3. The summed E-state index contributed by atoms with van der Waals surface area (Å²) in [6.45, 7) is 0. The Balaban J connectivity index is 1.69. The van der Waals surface area contributed by atoms with Gasteiger partial charge in [0.05, 0.1) is 26.9 Å². The second kappa shape index (κ2) is 9.35. The quantitative estimate of drug-likeness (QED) is 0.416. The monoisotopic (exact) mass is 446 g/mol. The Morgan fingerprint density at radius 2 is 1.42 bits per heavy atom. The molecule has 0 aliphatic carbocycles. The van der Waals surface area contributed by atoms with Crippen LogP contribution in [0.25, 0.3) is 11.0 Å². The lowest BCUT2D eigenvalue weighted by Crippen LogP contribution is -2.17. The highest BCUT2D eigenvalue weighted by Crippen LogP contribution is 2.34. The summed E-state index contributed by atoms with van der Waals surface area (Å²) in [6, 6.07) is 18.9. The summed E-state index contributed by atoms with van der Waals surface area (Å²) in [5.41, 5.74) is 1.53. The lowest BCUT2D eigenvalue weighted by atomic mass is 10.1. The van der Waals surface area contributed by atoms with Crippen LogP contribution < -0.4 is 24.8 Å². The number of carbonyl (C=O) groups is 2. The molecule has 0 saturated heterocycles. The third-order valence-electron chi connectivity index (χ3n) is 5.03. The van der Waals surface area contributed by atoms with Gasteiger partial charge in [0.2, 0.25) is 5.76 Å². The van der Waals surface area contributed by atoms with E-state index >= 15 is 0 Å². The van der Waals surface area contributed by atoms with Crippen LogP contribution in [0.3, 0.4) is 0 Å².